The van der Waals surface area contributed by atoms with E-state index >= 15 is 0 Å². The molecule has 0 aromatic heterocycles. The van der Waals surface area contributed by atoms with Gasteiger partial charge in [0.2, 0.25) is 0 Å². The van der Waals surface area contributed by atoms with Crippen LogP contribution in [-0.4, -0.2) is 76.6 Å². The fourth-order valence-electron chi connectivity index (χ4n) is 2.40. The second kappa shape index (κ2) is 7.47. The number of carbonyl (C=O) groups is 2. The first-order chi connectivity index (χ1) is 9.32. The number of urea groups is 1. The number of amides is 2. The summed E-state index contributed by atoms with van der Waals surface area (Å²) in [6, 6.07) is 0.482. The van der Waals surface area contributed by atoms with E-state index in [9.17, 15) is 9.59 Å². The minimum absolute atomic E-state index is 0.00409. The average molecular weight is 285 g/mol. The van der Waals surface area contributed by atoms with Crippen molar-refractivity contribution in [2.24, 2.45) is 0 Å². The minimum atomic E-state index is -0.868. The van der Waals surface area contributed by atoms with E-state index in [2.05, 4.69) is 18.7 Å². The maximum absolute atomic E-state index is 12.5. The van der Waals surface area contributed by atoms with Crippen molar-refractivity contribution in [2.75, 3.05) is 32.7 Å². The molecule has 1 fully saturated rings. The Balaban J connectivity index is 2.56. The van der Waals surface area contributed by atoms with Crippen molar-refractivity contribution in [2.45, 2.75) is 46.2 Å². The Morgan fingerprint density at radius 3 is 2.05 bits per heavy atom. The van der Waals surface area contributed by atoms with Gasteiger partial charge in [-0.15, -0.1) is 0 Å². The van der Waals surface area contributed by atoms with E-state index < -0.39 is 5.97 Å². The Morgan fingerprint density at radius 1 is 1.10 bits per heavy atom. The van der Waals surface area contributed by atoms with Gasteiger partial charge >= 0.3 is 12.0 Å². The molecule has 6 nitrogen and oxygen atoms in total. The van der Waals surface area contributed by atoms with Gasteiger partial charge in [0.05, 0.1) is 6.42 Å². The van der Waals surface area contributed by atoms with Gasteiger partial charge in [-0.3, -0.25) is 9.69 Å². The van der Waals surface area contributed by atoms with Crippen LogP contribution in [0.15, 0.2) is 0 Å². The van der Waals surface area contributed by atoms with E-state index in [1.807, 2.05) is 18.7 Å². The van der Waals surface area contributed by atoms with Crippen molar-refractivity contribution in [1.29, 1.82) is 0 Å². The summed E-state index contributed by atoms with van der Waals surface area (Å²) in [4.78, 5) is 29.0. The van der Waals surface area contributed by atoms with E-state index in [-0.39, 0.29) is 25.0 Å². The van der Waals surface area contributed by atoms with Crippen LogP contribution in [-0.2, 0) is 4.79 Å². The highest BCUT2D eigenvalue weighted by molar-refractivity contribution is 5.76. The van der Waals surface area contributed by atoms with Crippen LogP contribution >= 0.6 is 0 Å². The zero-order valence-electron chi connectivity index (χ0n) is 13.0. The van der Waals surface area contributed by atoms with Crippen LogP contribution in [0.25, 0.3) is 0 Å². The fourth-order valence-corrected chi connectivity index (χ4v) is 2.40. The fraction of sp³-hybridized carbons (Fsp3) is 0.857. The van der Waals surface area contributed by atoms with Gasteiger partial charge in [-0.25, -0.2) is 4.79 Å². The molecule has 2 amide bonds. The average Bonchev–Trinajstić information content (AvgIpc) is 2.38. The van der Waals surface area contributed by atoms with Gasteiger partial charge in [-0.1, -0.05) is 0 Å². The molecule has 116 valence electrons. The topological polar surface area (TPSA) is 64.1 Å². The lowest BCUT2D eigenvalue weighted by molar-refractivity contribution is -0.137. The van der Waals surface area contributed by atoms with Crippen molar-refractivity contribution in [3.05, 3.63) is 0 Å². The summed E-state index contributed by atoms with van der Waals surface area (Å²) in [5, 5.41) is 8.77. The van der Waals surface area contributed by atoms with E-state index in [1.165, 1.54) is 0 Å². The highest BCUT2D eigenvalue weighted by atomic mass is 16.4. The summed E-state index contributed by atoms with van der Waals surface area (Å²) in [6.45, 7) is 11.6. The maximum atomic E-state index is 12.5. The second-order valence-corrected chi connectivity index (χ2v) is 5.83. The number of hydrogen-bond donors (Lipinski definition) is 1. The summed E-state index contributed by atoms with van der Waals surface area (Å²) in [5.41, 5.74) is 0. The van der Waals surface area contributed by atoms with Gasteiger partial charge in [0.25, 0.3) is 0 Å². The molecular weight excluding hydrogens is 258 g/mol. The summed E-state index contributed by atoms with van der Waals surface area (Å²) < 4.78 is 0. The lowest BCUT2D eigenvalue weighted by atomic mass is 10.2. The lowest BCUT2D eigenvalue weighted by Crippen LogP contribution is -2.55. The quantitative estimate of drug-likeness (QED) is 0.827. The number of hydrogen-bond acceptors (Lipinski definition) is 3. The van der Waals surface area contributed by atoms with Gasteiger partial charge in [-0.05, 0) is 27.7 Å². The third kappa shape index (κ3) is 4.67. The Bertz CT molecular complexity index is 337. The van der Waals surface area contributed by atoms with Crippen molar-refractivity contribution in [3.63, 3.8) is 0 Å². The smallest absolute Gasteiger partial charge is 0.320 e. The van der Waals surface area contributed by atoms with E-state index in [0.717, 1.165) is 13.1 Å². The van der Waals surface area contributed by atoms with Crippen LogP contribution in [0.3, 0.4) is 0 Å². The number of nitrogens with zero attached hydrogens (tertiary/aromatic N) is 3. The molecule has 1 N–H and O–H groups in total. The molecule has 0 saturated carbocycles. The second-order valence-electron chi connectivity index (χ2n) is 5.83. The van der Waals surface area contributed by atoms with Crippen molar-refractivity contribution < 1.29 is 14.7 Å². The van der Waals surface area contributed by atoms with Gasteiger partial charge in [0, 0.05) is 44.8 Å². The van der Waals surface area contributed by atoms with Gasteiger partial charge in [-0.2, -0.15) is 0 Å². The number of rotatable bonds is 5. The standard InChI is InChI=1S/C14H27N3O3/c1-11(2)15-7-9-16(10-8-15)14(20)17(12(3)4)6-5-13(18)19/h11-12H,5-10H2,1-4H3,(H,18,19). The van der Waals surface area contributed by atoms with E-state index in [4.69, 9.17) is 5.11 Å². The molecule has 1 aliphatic rings. The third-order valence-electron chi connectivity index (χ3n) is 3.75. The number of aliphatic carboxylic acids is 1. The van der Waals surface area contributed by atoms with Crippen LogP contribution in [0.1, 0.15) is 34.1 Å². The summed E-state index contributed by atoms with van der Waals surface area (Å²) in [5.74, 6) is -0.868. The molecule has 1 rings (SSSR count). The van der Waals surface area contributed by atoms with E-state index in [1.54, 1.807) is 4.90 Å². The molecule has 0 aromatic carbocycles. The molecule has 0 bridgehead atoms. The number of carbonyl (C=O) groups excluding carboxylic acids is 1. The highest BCUT2D eigenvalue weighted by Gasteiger charge is 2.27. The molecule has 0 aliphatic carbocycles. The molecule has 1 saturated heterocycles. The Labute approximate surface area is 121 Å². The highest BCUT2D eigenvalue weighted by Crippen LogP contribution is 2.11. The summed E-state index contributed by atoms with van der Waals surface area (Å²) in [7, 11) is 0. The van der Waals surface area contributed by atoms with Gasteiger partial charge < -0.3 is 14.9 Å². The molecule has 1 aliphatic heterocycles. The van der Waals surface area contributed by atoms with Crippen molar-refractivity contribution in [1.82, 2.24) is 14.7 Å². The first-order valence-electron chi connectivity index (χ1n) is 7.34. The SMILES string of the molecule is CC(C)N1CCN(C(=O)N(CCC(=O)O)C(C)C)CC1. The Morgan fingerprint density at radius 2 is 1.65 bits per heavy atom. The zero-order valence-corrected chi connectivity index (χ0v) is 13.0. The molecule has 0 radical (unpaired) electrons. The molecule has 20 heavy (non-hydrogen) atoms. The van der Waals surface area contributed by atoms with Crippen LogP contribution in [0.4, 0.5) is 4.79 Å². The van der Waals surface area contributed by atoms with Crippen LogP contribution in [0.2, 0.25) is 0 Å². The van der Waals surface area contributed by atoms with Gasteiger partial charge in [0.1, 0.15) is 0 Å². The van der Waals surface area contributed by atoms with Gasteiger partial charge in [0.15, 0.2) is 0 Å². The van der Waals surface area contributed by atoms with Crippen LogP contribution in [0.5, 0.6) is 0 Å². The summed E-state index contributed by atoms with van der Waals surface area (Å²) >= 11 is 0. The Kier molecular flexibility index (Phi) is 6.26. The van der Waals surface area contributed by atoms with Crippen LogP contribution in [0, 0.1) is 0 Å². The maximum Gasteiger partial charge on any atom is 0.320 e. The van der Waals surface area contributed by atoms with Crippen molar-refractivity contribution in [3.8, 4) is 0 Å². The number of carboxylic acids is 1. The minimum Gasteiger partial charge on any atom is -0.481 e. The summed E-state index contributed by atoms with van der Waals surface area (Å²) in [6.07, 6.45) is -0.00409. The number of piperazine rings is 1. The normalized spacial score (nSPS) is 16.8. The largest absolute Gasteiger partial charge is 0.481 e. The molecule has 0 aromatic rings. The first kappa shape index (κ1) is 16.8. The molecular formula is C14H27N3O3. The predicted octanol–water partition coefficient (Wildman–Crippen LogP) is 1.32. The first-order valence-corrected chi connectivity index (χ1v) is 7.34. The predicted molar refractivity (Wildman–Crippen MR) is 77.8 cm³/mol. The Hall–Kier alpha value is -1.30. The van der Waals surface area contributed by atoms with E-state index in [0.29, 0.717) is 19.1 Å². The molecule has 6 heteroatoms. The van der Waals surface area contributed by atoms with Crippen molar-refractivity contribution >= 4 is 12.0 Å². The molecule has 0 atom stereocenters. The number of carboxylic acid groups (broad SMARTS) is 1. The zero-order chi connectivity index (χ0) is 15.3. The van der Waals surface area contributed by atoms with Crippen LogP contribution < -0.4 is 0 Å². The monoisotopic (exact) mass is 285 g/mol. The molecule has 0 spiro atoms. The molecule has 0 unspecified atom stereocenters. The third-order valence-corrected chi connectivity index (χ3v) is 3.75. The lowest BCUT2D eigenvalue weighted by Gasteiger charge is -2.40. The molecule has 1 heterocycles.